The number of anilines is 3. The summed E-state index contributed by atoms with van der Waals surface area (Å²) < 4.78 is 115. The van der Waals surface area contributed by atoms with Gasteiger partial charge in [0.05, 0.1) is 49.4 Å². The van der Waals surface area contributed by atoms with Gasteiger partial charge in [0, 0.05) is 42.4 Å². The SMILES string of the molecule is B[P@@]1(=O)OC[C@H]2O[C@@H](n3cnc4c(N)ccnc43)[C@H](F)[C@@H]2O[P@](=O)(SCc2ccc(OC(=O)c3ccc(OCCn4nnc5c4-c4ccccc4N(C)Cc4ccccc4-5)cc3)cc2)OC[C@H]2O[C@@H](n3cnc4c(=O)[nH]c(N)nc43)[C@H](F)[C@@H]2O1. The number of alkyl halides is 2. The van der Waals surface area contributed by atoms with Gasteiger partial charge in [-0.25, -0.2) is 37.8 Å². The molecule has 0 aliphatic carbocycles. The zero-order chi connectivity index (χ0) is 58.0. The van der Waals surface area contributed by atoms with Crippen LogP contribution in [0, 0.1) is 0 Å². The van der Waals surface area contributed by atoms with Crippen LogP contribution in [0.3, 0.4) is 0 Å². The Morgan fingerprint density at radius 2 is 1.48 bits per heavy atom. The fourth-order valence-corrected chi connectivity index (χ4v) is 15.1. The smallest absolute Gasteiger partial charge is 0.389 e. The highest BCUT2D eigenvalue weighted by Crippen LogP contribution is 2.65. The van der Waals surface area contributed by atoms with Crippen molar-refractivity contribution in [3.05, 3.63) is 149 Å². The van der Waals surface area contributed by atoms with Gasteiger partial charge in [0.15, 0.2) is 41.6 Å². The average molecular weight is 1200 g/mol. The molecule has 9 heterocycles. The highest BCUT2D eigenvalue weighted by Gasteiger charge is 2.55. The number of aromatic nitrogens is 10. The van der Waals surface area contributed by atoms with Crippen molar-refractivity contribution < 1.29 is 59.7 Å². The molecule has 13 rings (SSSR count). The Labute approximate surface area is 480 Å². The molecule has 84 heavy (non-hydrogen) atoms. The number of hydrogen-bond donors (Lipinski definition) is 3. The number of aromatic amines is 1. The molecule has 3 saturated heterocycles. The summed E-state index contributed by atoms with van der Waals surface area (Å²) in [5.41, 5.74) is 18.3. The number of rotatable bonds is 11. The van der Waals surface area contributed by atoms with Crippen molar-refractivity contribution in [1.82, 2.24) is 49.0 Å². The predicted octanol–water partition coefficient (Wildman–Crippen LogP) is 6.97. The van der Waals surface area contributed by atoms with Crippen LogP contribution in [-0.4, -0.2) is 126 Å². The Hall–Kier alpha value is -7.85. The Morgan fingerprint density at radius 1 is 0.810 bits per heavy atom. The fraction of sp³-hybridized carbons (Fsp3) is 0.283. The molecule has 3 fully saturated rings. The van der Waals surface area contributed by atoms with Crippen LogP contribution in [0.25, 0.3) is 44.8 Å². The Kier molecular flexibility index (Phi) is 14.7. The van der Waals surface area contributed by atoms with Gasteiger partial charge < -0.3 is 44.4 Å². The molecule has 9 aromatic rings. The number of benzene rings is 4. The zero-order valence-electron chi connectivity index (χ0n) is 44.5. The van der Waals surface area contributed by atoms with E-state index < -0.39 is 88.2 Å². The number of nitrogens with zero attached hydrogens (tertiary/aromatic N) is 10. The third kappa shape index (κ3) is 10.6. The number of halogens is 2. The molecule has 0 radical (unpaired) electrons. The summed E-state index contributed by atoms with van der Waals surface area (Å²) in [6.45, 7) is -4.62. The van der Waals surface area contributed by atoms with Crippen molar-refractivity contribution in [1.29, 1.82) is 0 Å². The minimum atomic E-state index is -4.61. The van der Waals surface area contributed by atoms with Gasteiger partial charge >= 0.3 is 12.8 Å². The summed E-state index contributed by atoms with van der Waals surface area (Å²) in [7, 11) is -1.11. The number of H-pyrrole nitrogens is 1. The van der Waals surface area contributed by atoms with Crippen LogP contribution in [-0.2, 0) is 55.5 Å². The van der Waals surface area contributed by atoms with Crippen LogP contribution in [0.4, 0.5) is 26.1 Å². The Balaban J connectivity index is 0.694. The number of ether oxygens (including phenoxy) is 4. The second-order valence-corrected chi connectivity index (χ2v) is 26.2. The molecule has 0 unspecified atom stereocenters. The lowest BCUT2D eigenvalue weighted by atomic mass is 9.96. The number of esters is 1. The lowest BCUT2D eigenvalue weighted by Gasteiger charge is -2.30. The number of nitrogen functional groups attached to an aromatic ring is 2. The largest absolute Gasteiger partial charge is 0.492 e. The van der Waals surface area contributed by atoms with Gasteiger partial charge in [-0.2, -0.15) is 4.98 Å². The second-order valence-electron chi connectivity index (χ2n) is 20.2. The van der Waals surface area contributed by atoms with Crippen molar-refractivity contribution in [3.63, 3.8) is 0 Å². The van der Waals surface area contributed by atoms with Gasteiger partial charge in [-0.05, 0) is 71.0 Å². The normalized spacial score (nSPS) is 26.0. The summed E-state index contributed by atoms with van der Waals surface area (Å²) in [6.07, 6.45) is -9.87. The third-order valence-electron chi connectivity index (χ3n) is 14.6. The first-order chi connectivity index (χ1) is 40.6. The number of pyridine rings is 1. The number of carbonyl (C=O) groups is 1. The van der Waals surface area contributed by atoms with Crippen molar-refractivity contribution in [3.8, 4) is 34.0 Å². The number of nitrogens with two attached hydrogens (primary N) is 2. The predicted molar refractivity (Wildman–Crippen MR) is 305 cm³/mol. The van der Waals surface area contributed by atoms with E-state index in [1.165, 1.54) is 35.3 Å². The minimum Gasteiger partial charge on any atom is -0.492 e. The Morgan fingerprint density at radius 3 is 2.24 bits per heavy atom. The van der Waals surface area contributed by atoms with Gasteiger partial charge in [-0.3, -0.25) is 32.5 Å². The summed E-state index contributed by atoms with van der Waals surface area (Å²) in [6, 6.07) is 30.7. The number of carbonyl (C=O) groups excluding carboxylic acids is 1. The van der Waals surface area contributed by atoms with Gasteiger partial charge in [-0.1, -0.05) is 59.8 Å². The maximum absolute atomic E-state index is 17.1. The first kappa shape index (κ1) is 55.4. The quantitative estimate of drug-likeness (QED) is 0.0509. The molecule has 0 amide bonds. The molecular formula is C53H50BF2N13O12P2S. The van der Waals surface area contributed by atoms with Crippen molar-refractivity contribution in [2.24, 2.45) is 0 Å². The Bertz CT molecular complexity index is 4150. The van der Waals surface area contributed by atoms with E-state index in [1.807, 2.05) is 28.9 Å². The summed E-state index contributed by atoms with van der Waals surface area (Å²) in [4.78, 5) is 47.3. The van der Waals surface area contributed by atoms with Crippen LogP contribution < -0.4 is 31.4 Å². The van der Waals surface area contributed by atoms with Gasteiger partial charge in [0.25, 0.3) is 20.6 Å². The molecule has 0 bridgehead atoms. The molecule has 0 saturated carbocycles. The molecule has 5 aromatic heterocycles. The molecule has 31 heteroatoms. The number of fused-ring (bicyclic) bond motifs is 9. The van der Waals surface area contributed by atoms with E-state index >= 15 is 13.3 Å². The first-order valence-electron chi connectivity index (χ1n) is 26.3. The lowest BCUT2D eigenvalue weighted by Crippen LogP contribution is -2.37. The van der Waals surface area contributed by atoms with Crippen LogP contribution in [0.5, 0.6) is 11.5 Å². The second kappa shape index (κ2) is 22.3. The van der Waals surface area contributed by atoms with Crippen molar-refractivity contribution in [2.45, 2.75) is 68.1 Å². The topological polar surface area (TPSA) is 305 Å². The zero-order valence-corrected chi connectivity index (χ0v) is 47.1. The van der Waals surface area contributed by atoms with Gasteiger partial charge in [0.2, 0.25) is 5.95 Å². The standard InChI is InChI=1S/C53H50BF2N13O12P2S/c1-66-22-30-6-2-3-7-33(30)41-44(34-8-4-5-9-36(34)66)69(65-64-41)20-21-74-31-16-12-29(13-17-31)52(71)77-32-14-10-28(11-15-32)25-84-83(73)76-24-38-45(39(55)51(79-38)68-27-61-43-48(68)62-53(58)63-49(43)70)80-82(54,72)75-23-37-46(81-83)40(56)50(78-37)67-26-60-42-35(57)18-19-59-47(42)67/h2-19,26-27,37-40,45-46,50-51H,20-25,54H2,1H3,(H2,57,59)(H3,58,62,63,70)/t37-,38-,39-,40-,45-,46-,50-,51-,82-,83-/m1/s1. The maximum Gasteiger partial charge on any atom is 0.389 e. The lowest BCUT2D eigenvalue weighted by molar-refractivity contribution is -0.0546. The first-order valence-corrected chi connectivity index (χ1v) is 31.4. The fourth-order valence-electron chi connectivity index (χ4n) is 10.6. The number of nitrogens with one attached hydrogen (secondary N) is 1. The summed E-state index contributed by atoms with van der Waals surface area (Å²) in [5.74, 6) is -0.290. The molecule has 432 valence electrons. The maximum atomic E-state index is 17.1. The molecule has 10 atom stereocenters. The van der Waals surface area contributed by atoms with Crippen LogP contribution >= 0.6 is 25.7 Å². The molecule has 4 aliphatic rings. The van der Waals surface area contributed by atoms with Crippen molar-refractivity contribution in [2.75, 3.05) is 43.2 Å². The molecule has 0 spiro atoms. The molecular weight excluding hydrogens is 1150 g/mol. The number of hydrogen-bond acceptors (Lipinski definition) is 22. The van der Waals surface area contributed by atoms with E-state index in [-0.39, 0.29) is 57.6 Å². The summed E-state index contributed by atoms with van der Waals surface area (Å²) >= 11 is 0.670. The van der Waals surface area contributed by atoms with E-state index in [9.17, 15) is 14.2 Å². The number of imidazole rings is 2. The van der Waals surface area contributed by atoms with Gasteiger partial charge in [0.1, 0.15) is 53.7 Å². The van der Waals surface area contributed by atoms with E-state index in [0.29, 0.717) is 35.8 Å². The van der Waals surface area contributed by atoms with E-state index in [1.54, 1.807) is 36.4 Å². The monoisotopic (exact) mass is 1200 g/mol. The molecule has 5 N–H and O–H groups in total. The average Bonchev–Trinajstić information content (AvgIpc) is 4.18. The van der Waals surface area contributed by atoms with Gasteiger partial charge in [-0.15, -0.1) is 5.10 Å². The summed E-state index contributed by atoms with van der Waals surface area (Å²) in [5, 5.41) is 9.18. The van der Waals surface area contributed by atoms with Crippen molar-refractivity contribution >= 4 is 78.8 Å². The number of para-hydroxylation sites is 1. The minimum absolute atomic E-state index is 0.0813. The van der Waals surface area contributed by atoms with Crippen LogP contribution in [0.2, 0.25) is 0 Å². The van der Waals surface area contributed by atoms with E-state index in [2.05, 4.69) is 71.4 Å². The molecule has 4 aliphatic heterocycles. The third-order valence-corrected chi connectivity index (χ3v) is 19.5. The molecule has 4 aromatic carbocycles. The van der Waals surface area contributed by atoms with Crippen LogP contribution in [0.15, 0.2) is 127 Å². The van der Waals surface area contributed by atoms with E-state index in [4.69, 9.17) is 48.5 Å². The van der Waals surface area contributed by atoms with E-state index in [0.717, 1.165) is 52.2 Å². The van der Waals surface area contributed by atoms with Crippen LogP contribution in [0.1, 0.15) is 33.9 Å². The molecule has 25 nitrogen and oxygen atoms in total. The highest BCUT2D eigenvalue weighted by molar-refractivity contribution is 8.54. The highest BCUT2D eigenvalue weighted by atomic mass is 32.7.